The maximum Gasteiger partial charge on any atom is 0.332 e. The van der Waals surface area contributed by atoms with Gasteiger partial charge in [0, 0.05) is 31.7 Å². The van der Waals surface area contributed by atoms with Crippen LogP contribution in [0.15, 0.2) is 9.59 Å². The van der Waals surface area contributed by atoms with Crippen molar-refractivity contribution in [1.29, 1.82) is 0 Å². The SMILES string of the molecule is CCOCCn1c(=O)c2c(C)c(CN3CCNC3=S)sc2n(CCOC)c1=O. The van der Waals surface area contributed by atoms with E-state index in [1.54, 1.807) is 11.7 Å². The summed E-state index contributed by atoms with van der Waals surface area (Å²) in [6.07, 6.45) is 0. The predicted molar refractivity (Wildman–Crippen MR) is 114 cm³/mol. The first kappa shape index (κ1) is 21.0. The van der Waals surface area contributed by atoms with Crippen LogP contribution in [-0.4, -0.2) is 59.2 Å². The van der Waals surface area contributed by atoms with Crippen molar-refractivity contribution in [3.05, 3.63) is 31.3 Å². The van der Waals surface area contributed by atoms with Crippen molar-refractivity contribution in [3.8, 4) is 0 Å². The van der Waals surface area contributed by atoms with Gasteiger partial charge < -0.3 is 19.7 Å². The normalized spacial score (nSPS) is 14.2. The second-order valence-corrected chi connectivity index (χ2v) is 8.03. The number of ether oxygens (including phenoxy) is 2. The van der Waals surface area contributed by atoms with Gasteiger partial charge in [-0.05, 0) is 31.6 Å². The number of hydrogen-bond donors (Lipinski definition) is 1. The maximum atomic E-state index is 13.1. The lowest BCUT2D eigenvalue weighted by Gasteiger charge is -2.15. The zero-order valence-electron chi connectivity index (χ0n) is 16.4. The Bertz CT molecular complexity index is 979. The molecule has 0 bridgehead atoms. The smallest absolute Gasteiger partial charge is 0.332 e. The Morgan fingerprint density at radius 1 is 1.21 bits per heavy atom. The van der Waals surface area contributed by atoms with Crippen molar-refractivity contribution in [3.63, 3.8) is 0 Å². The van der Waals surface area contributed by atoms with Crippen LogP contribution < -0.4 is 16.6 Å². The Morgan fingerprint density at radius 3 is 2.61 bits per heavy atom. The molecule has 0 saturated carbocycles. The highest BCUT2D eigenvalue weighted by Crippen LogP contribution is 2.29. The molecule has 1 saturated heterocycles. The number of rotatable bonds is 9. The zero-order valence-corrected chi connectivity index (χ0v) is 18.1. The number of aryl methyl sites for hydroxylation is 1. The van der Waals surface area contributed by atoms with E-state index < -0.39 is 0 Å². The lowest BCUT2D eigenvalue weighted by molar-refractivity contribution is 0.136. The number of nitrogens with one attached hydrogen (secondary N) is 1. The highest BCUT2D eigenvalue weighted by Gasteiger charge is 2.23. The molecule has 1 aliphatic rings. The predicted octanol–water partition coefficient (Wildman–Crippen LogP) is 0.906. The molecular weight excluding hydrogens is 400 g/mol. The summed E-state index contributed by atoms with van der Waals surface area (Å²) >= 11 is 6.83. The molecule has 0 unspecified atom stereocenters. The number of fused-ring (bicyclic) bond motifs is 1. The molecule has 0 spiro atoms. The minimum Gasteiger partial charge on any atom is -0.383 e. The molecule has 0 aromatic carbocycles. The monoisotopic (exact) mass is 426 g/mol. The second kappa shape index (κ2) is 9.17. The first-order valence-corrected chi connectivity index (χ1v) is 10.6. The fourth-order valence-electron chi connectivity index (χ4n) is 3.30. The fourth-order valence-corrected chi connectivity index (χ4v) is 4.89. The van der Waals surface area contributed by atoms with Gasteiger partial charge in [-0.3, -0.25) is 13.9 Å². The topological polar surface area (TPSA) is 77.7 Å². The van der Waals surface area contributed by atoms with Crippen LogP contribution in [0.4, 0.5) is 0 Å². The van der Waals surface area contributed by atoms with Gasteiger partial charge in [0.05, 0.1) is 38.2 Å². The van der Waals surface area contributed by atoms with Gasteiger partial charge >= 0.3 is 5.69 Å². The van der Waals surface area contributed by atoms with Crippen molar-refractivity contribution < 1.29 is 9.47 Å². The van der Waals surface area contributed by atoms with E-state index in [2.05, 4.69) is 10.2 Å². The van der Waals surface area contributed by atoms with Crippen molar-refractivity contribution in [1.82, 2.24) is 19.4 Å². The molecular formula is C18H26N4O4S2. The summed E-state index contributed by atoms with van der Waals surface area (Å²) in [5, 5.41) is 4.48. The number of hydrogen-bond acceptors (Lipinski definition) is 6. The summed E-state index contributed by atoms with van der Waals surface area (Å²) < 4.78 is 13.5. The summed E-state index contributed by atoms with van der Waals surface area (Å²) in [4.78, 5) is 30.0. The fraction of sp³-hybridized carbons (Fsp3) is 0.611. The summed E-state index contributed by atoms with van der Waals surface area (Å²) in [5.41, 5.74) is 0.340. The molecule has 3 heterocycles. The largest absolute Gasteiger partial charge is 0.383 e. The molecule has 0 radical (unpaired) electrons. The molecule has 1 fully saturated rings. The van der Waals surface area contributed by atoms with E-state index in [-0.39, 0.29) is 17.8 Å². The summed E-state index contributed by atoms with van der Waals surface area (Å²) in [7, 11) is 1.60. The molecule has 154 valence electrons. The van der Waals surface area contributed by atoms with Crippen molar-refractivity contribution in [2.45, 2.75) is 33.5 Å². The van der Waals surface area contributed by atoms with Gasteiger partial charge in [-0.2, -0.15) is 0 Å². The lowest BCUT2D eigenvalue weighted by Crippen LogP contribution is -2.41. The summed E-state index contributed by atoms with van der Waals surface area (Å²) in [6, 6.07) is 0. The molecule has 10 heteroatoms. The average Bonchev–Trinajstić information content (AvgIpc) is 3.22. The van der Waals surface area contributed by atoms with Crippen LogP contribution in [0.1, 0.15) is 17.4 Å². The van der Waals surface area contributed by atoms with E-state index in [1.165, 1.54) is 15.9 Å². The highest BCUT2D eigenvalue weighted by molar-refractivity contribution is 7.80. The summed E-state index contributed by atoms with van der Waals surface area (Å²) in [5.74, 6) is 0. The third-order valence-electron chi connectivity index (χ3n) is 4.85. The van der Waals surface area contributed by atoms with E-state index in [4.69, 9.17) is 21.7 Å². The van der Waals surface area contributed by atoms with Gasteiger partial charge in [0.1, 0.15) is 4.83 Å². The van der Waals surface area contributed by atoms with Gasteiger partial charge in [-0.15, -0.1) is 11.3 Å². The maximum absolute atomic E-state index is 13.1. The number of thiocarbonyl (C=S) groups is 1. The minimum absolute atomic E-state index is 0.235. The lowest BCUT2D eigenvalue weighted by atomic mass is 10.2. The van der Waals surface area contributed by atoms with E-state index >= 15 is 0 Å². The van der Waals surface area contributed by atoms with Crippen LogP contribution in [-0.2, 0) is 29.1 Å². The van der Waals surface area contributed by atoms with Crippen LogP contribution in [0.25, 0.3) is 10.2 Å². The third kappa shape index (κ3) is 4.00. The van der Waals surface area contributed by atoms with Crippen LogP contribution in [0.2, 0.25) is 0 Å². The Hall–Kier alpha value is -1.75. The van der Waals surface area contributed by atoms with Crippen molar-refractivity contribution in [2.75, 3.05) is 40.0 Å². The molecule has 8 nitrogen and oxygen atoms in total. The molecule has 1 aliphatic heterocycles. The Morgan fingerprint density at radius 2 is 1.96 bits per heavy atom. The molecule has 2 aromatic heterocycles. The quantitative estimate of drug-likeness (QED) is 0.472. The van der Waals surface area contributed by atoms with Crippen LogP contribution in [0.3, 0.4) is 0 Å². The van der Waals surface area contributed by atoms with Gasteiger partial charge in [-0.25, -0.2) is 4.79 Å². The molecule has 2 aromatic rings. The van der Waals surface area contributed by atoms with Crippen molar-refractivity contribution >= 4 is 38.9 Å². The Kier molecular flexibility index (Phi) is 6.86. The number of aromatic nitrogens is 2. The van der Waals surface area contributed by atoms with Gasteiger partial charge in [0.2, 0.25) is 0 Å². The third-order valence-corrected chi connectivity index (χ3v) is 6.56. The Labute approximate surface area is 172 Å². The highest BCUT2D eigenvalue weighted by atomic mass is 32.1. The van der Waals surface area contributed by atoms with E-state index in [9.17, 15) is 9.59 Å². The van der Waals surface area contributed by atoms with E-state index in [0.29, 0.717) is 43.1 Å². The number of methoxy groups -OCH3 is 1. The van der Waals surface area contributed by atoms with Gasteiger partial charge in [-0.1, -0.05) is 0 Å². The van der Waals surface area contributed by atoms with Crippen LogP contribution in [0, 0.1) is 6.92 Å². The first-order valence-electron chi connectivity index (χ1n) is 9.34. The standard InChI is InChI=1S/C18H26N4O4S2/c1-4-26-10-8-21-15(23)14-12(2)13(11-20-6-5-19-17(20)27)28-16(14)22(18(21)24)7-9-25-3/h4-11H2,1-3H3,(H,19,27). The molecule has 0 atom stereocenters. The molecule has 3 rings (SSSR count). The number of thiophene rings is 1. The second-order valence-electron chi connectivity index (χ2n) is 6.56. The molecule has 0 amide bonds. The Balaban J connectivity index is 2.11. The van der Waals surface area contributed by atoms with Crippen LogP contribution >= 0.6 is 23.6 Å². The molecule has 28 heavy (non-hydrogen) atoms. The average molecular weight is 427 g/mol. The van der Waals surface area contributed by atoms with Crippen LogP contribution in [0.5, 0.6) is 0 Å². The van der Waals surface area contributed by atoms with E-state index in [0.717, 1.165) is 28.6 Å². The van der Waals surface area contributed by atoms with Crippen molar-refractivity contribution in [2.24, 2.45) is 0 Å². The van der Waals surface area contributed by atoms with Gasteiger partial charge in [0.25, 0.3) is 5.56 Å². The summed E-state index contributed by atoms with van der Waals surface area (Å²) in [6.45, 7) is 8.01. The number of nitrogens with zero attached hydrogens (tertiary/aromatic N) is 3. The first-order chi connectivity index (χ1) is 13.5. The van der Waals surface area contributed by atoms with E-state index in [1.807, 2.05) is 13.8 Å². The van der Waals surface area contributed by atoms with Gasteiger partial charge in [0.15, 0.2) is 5.11 Å². The molecule has 0 aliphatic carbocycles. The minimum atomic E-state index is -0.319. The zero-order chi connectivity index (χ0) is 20.3. The molecule has 1 N–H and O–H groups in total.